The van der Waals surface area contributed by atoms with Crippen LogP contribution in [0.15, 0.2) is 30.3 Å². The summed E-state index contributed by atoms with van der Waals surface area (Å²) < 4.78 is 5.73. The molecule has 0 N–H and O–H groups in total. The Morgan fingerprint density at radius 2 is 1.71 bits per heavy atom. The third-order valence-electron chi connectivity index (χ3n) is 3.74. The standard InChI is InChI=1S/C17H24BrNO2/c1-16(2,3)19-14(17(4,5)18)13(15(19)20)21-11-12-9-7-6-8-10-12/h6-10,13-14H,11H2,1-5H3/t13-,14-/m0/s1. The second kappa shape index (κ2) is 5.73. The first-order valence-electron chi connectivity index (χ1n) is 7.30. The molecular weight excluding hydrogens is 330 g/mol. The first-order chi connectivity index (χ1) is 9.62. The van der Waals surface area contributed by atoms with Gasteiger partial charge in [-0.15, -0.1) is 0 Å². The largest absolute Gasteiger partial charge is 0.361 e. The zero-order valence-corrected chi connectivity index (χ0v) is 15.0. The van der Waals surface area contributed by atoms with Gasteiger partial charge in [-0.05, 0) is 40.2 Å². The van der Waals surface area contributed by atoms with Crippen LogP contribution in [0.5, 0.6) is 0 Å². The van der Waals surface area contributed by atoms with E-state index in [0.717, 1.165) is 5.56 Å². The first-order valence-corrected chi connectivity index (χ1v) is 8.09. The van der Waals surface area contributed by atoms with Gasteiger partial charge in [-0.3, -0.25) is 4.79 Å². The molecule has 1 aliphatic heterocycles. The quantitative estimate of drug-likeness (QED) is 0.609. The molecule has 0 unspecified atom stereocenters. The second-order valence-electron chi connectivity index (χ2n) is 7.11. The van der Waals surface area contributed by atoms with Crippen molar-refractivity contribution < 1.29 is 9.53 Å². The number of carbonyl (C=O) groups excluding carboxylic acids is 1. The fourth-order valence-electron chi connectivity index (χ4n) is 2.80. The van der Waals surface area contributed by atoms with Crippen LogP contribution in [0.3, 0.4) is 0 Å². The van der Waals surface area contributed by atoms with Crippen molar-refractivity contribution in [2.24, 2.45) is 0 Å². The fraction of sp³-hybridized carbons (Fsp3) is 0.588. The molecule has 1 aromatic carbocycles. The van der Waals surface area contributed by atoms with Crippen LogP contribution in [-0.2, 0) is 16.1 Å². The molecule has 1 aliphatic rings. The van der Waals surface area contributed by atoms with E-state index in [0.29, 0.717) is 6.61 Å². The molecule has 0 spiro atoms. The van der Waals surface area contributed by atoms with E-state index < -0.39 is 0 Å². The normalized spacial score (nSPS) is 23.1. The average Bonchev–Trinajstić information content (AvgIpc) is 2.34. The highest BCUT2D eigenvalue weighted by molar-refractivity contribution is 9.10. The number of amides is 1. The monoisotopic (exact) mass is 353 g/mol. The van der Waals surface area contributed by atoms with E-state index in [1.54, 1.807) is 0 Å². The minimum absolute atomic E-state index is 0.0358. The Hall–Kier alpha value is -0.870. The Labute approximate surface area is 135 Å². The minimum Gasteiger partial charge on any atom is -0.361 e. The zero-order chi connectivity index (χ0) is 15.8. The SMILES string of the molecule is CC(C)(Br)[C@@H]1[C@H](OCc2ccccc2)C(=O)N1C(C)(C)C. The van der Waals surface area contributed by atoms with E-state index >= 15 is 0 Å². The van der Waals surface area contributed by atoms with E-state index in [1.165, 1.54) is 0 Å². The van der Waals surface area contributed by atoms with Gasteiger partial charge < -0.3 is 9.64 Å². The summed E-state index contributed by atoms with van der Waals surface area (Å²) in [5, 5.41) is 0. The minimum atomic E-state index is -0.376. The number of halogens is 1. The molecule has 0 aliphatic carbocycles. The van der Waals surface area contributed by atoms with Crippen molar-refractivity contribution in [2.45, 2.75) is 63.2 Å². The molecule has 0 bridgehead atoms. The van der Waals surface area contributed by atoms with Crippen molar-refractivity contribution in [1.29, 1.82) is 0 Å². The van der Waals surface area contributed by atoms with Crippen molar-refractivity contribution in [3.63, 3.8) is 0 Å². The lowest BCUT2D eigenvalue weighted by Gasteiger charge is -2.57. The molecule has 2 rings (SSSR count). The lowest BCUT2D eigenvalue weighted by molar-refractivity contribution is -0.189. The molecule has 1 heterocycles. The Morgan fingerprint density at radius 3 is 2.19 bits per heavy atom. The Kier molecular flexibility index (Phi) is 4.50. The smallest absolute Gasteiger partial charge is 0.254 e. The first kappa shape index (κ1) is 16.5. The van der Waals surface area contributed by atoms with E-state index in [1.807, 2.05) is 35.2 Å². The van der Waals surface area contributed by atoms with Crippen molar-refractivity contribution in [3.8, 4) is 0 Å². The van der Waals surface area contributed by atoms with Gasteiger partial charge in [0.1, 0.15) is 0 Å². The maximum atomic E-state index is 12.5. The highest BCUT2D eigenvalue weighted by atomic mass is 79.9. The Morgan fingerprint density at radius 1 is 1.14 bits per heavy atom. The van der Waals surface area contributed by atoms with Crippen LogP contribution in [-0.4, -0.2) is 32.8 Å². The molecule has 0 saturated carbocycles. The number of ether oxygens (including phenoxy) is 1. The van der Waals surface area contributed by atoms with Gasteiger partial charge in [0.15, 0.2) is 6.10 Å². The highest BCUT2D eigenvalue weighted by Gasteiger charge is 2.57. The zero-order valence-electron chi connectivity index (χ0n) is 13.4. The van der Waals surface area contributed by atoms with Crippen LogP contribution in [0, 0.1) is 0 Å². The van der Waals surface area contributed by atoms with Crippen molar-refractivity contribution in [1.82, 2.24) is 4.90 Å². The Bertz CT molecular complexity index is 502. The van der Waals surface area contributed by atoms with Crippen LogP contribution >= 0.6 is 15.9 Å². The summed E-state index contributed by atoms with van der Waals surface area (Å²) in [6, 6.07) is 10.00. The number of nitrogens with zero attached hydrogens (tertiary/aromatic N) is 1. The lowest BCUT2D eigenvalue weighted by Crippen LogP contribution is -2.75. The third-order valence-corrected chi connectivity index (χ3v) is 4.21. The molecule has 1 aromatic rings. The summed E-state index contributed by atoms with van der Waals surface area (Å²) in [5.41, 5.74) is 0.894. The molecule has 21 heavy (non-hydrogen) atoms. The molecule has 2 atom stereocenters. The number of carbonyl (C=O) groups is 1. The number of hydrogen-bond donors (Lipinski definition) is 0. The topological polar surface area (TPSA) is 29.5 Å². The highest BCUT2D eigenvalue weighted by Crippen LogP contribution is 2.41. The van der Waals surface area contributed by atoms with Gasteiger partial charge >= 0.3 is 0 Å². The van der Waals surface area contributed by atoms with Gasteiger partial charge in [-0.2, -0.15) is 0 Å². The van der Waals surface area contributed by atoms with Gasteiger partial charge in [0, 0.05) is 9.86 Å². The van der Waals surface area contributed by atoms with Gasteiger partial charge in [-0.1, -0.05) is 46.3 Å². The van der Waals surface area contributed by atoms with Crippen LogP contribution in [0.25, 0.3) is 0 Å². The molecular formula is C17H24BrNO2. The summed E-state index contributed by atoms with van der Waals surface area (Å²) in [6.45, 7) is 10.8. The van der Waals surface area contributed by atoms with E-state index in [4.69, 9.17) is 4.74 Å². The van der Waals surface area contributed by atoms with Crippen LogP contribution < -0.4 is 0 Å². The van der Waals surface area contributed by atoms with E-state index in [2.05, 4.69) is 50.5 Å². The predicted molar refractivity (Wildman–Crippen MR) is 88.4 cm³/mol. The molecule has 116 valence electrons. The van der Waals surface area contributed by atoms with Gasteiger partial charge in [0.2, 0.25) is 0 Å². The molecule has 0 aromatic heterocycles. The van der Waals surface area contributed by atoms with Crippen molar-refractivity contribution in [3.05, 3.63) is 35.9 Å². The summed E-state index contributed by atoms with van der Waals surface area (Å²) in [7, 11) is 0. The average molecular weight is 354 g/mol. The Balaban J connectivity index is 2.10. The second-order valence-corrected chi connectivity index (χ2v) is 9.15. The molecule has 1 amide bonds. The fourth-order valence-corrected chi connectivity index (χ4v) is 3.24. The van der Waals surface area contributed by atoms with E-state index in [-0.39, 0.29) is 27.9 Å². The van der Waals surface area contributed by atoms with Crippen LogP contribution in [0.4, 0.5) is 0 Å². The molecule has 1 fully saturated rings. The summed E-state index contributed by atoms with van der Waals surface area (Å²) >= 11 is 3.71. The maximum absolute atomic E-state index is 12.5. The summed E-state index contributed by atoms with van der Waals surface area (Å²) in [4.78, 5) is 14.4. The summed E-state index contributed by atoms with van der Waals surface area (Å²) in [5.74, 6) is 0.0796. The van der Waals surface area contributed by atoms with Crippen molar-refractivity contribution >= 4 is 21.8 Å². The number of benzene rings is 1. The predicted octanol–water partition coefficient (Wildman–Crippen LogP) is 3.75. The molecule has 3 nitrogen and oxygen atoms in total. The maximum Gasteiger partial charge on any atom is 0.254 e. The number of alkyl halides is 1. The lowest BCUT2D eigenvalue weighted by atomic mass is 9.83. The number of β-lactam (4-membered cyclic amide) rings is 1. The molecule has 4 heteroatoms. The number of hydrogen-bond acceptors (Lipinski definition) is 2. The third kappa shape index (κ3) is 3.49. The van der Waals surface area contributed by atoms with Gasteiger partial charge in [0.05, 0.1) is 12.6 Å². The van der Waals surface area contributed by atoms with Gasteiger partial charge in [-0.25, -0.2) is 0 Å². The van der Waals surface area contributed by atoms with Gasteiger partial charge in [0.25, 0.3) is 5.91 Å². The van der Waals surface area contributed by atoms with Crippen LogP contribution in [0.2, 0.25) is 0 Å². The summed E-state index contributed by atoms with van der Waals surface area (Å²) in [6.07, 6.45) is -0.376. The van der Waals surface area contributed by atoms with Crippen LogP contribution in [0.1, 0.15) is 40.2 Å². The molecule has 0 radical (unpaired) electrons. The van der Waals surface area contributed by atoms with Crippen molar-refractivity contribution in [2.75, 3.05) is 0 Å². The number of likely N-dealkylation sites (tertiary alicyclic amines) is 1. The van der Waals surface area contributed by atoms with E-state index in [9.17, 15) is 4.79 Å². The molecule has 1 saturated heterocycles. The number of rotatable bonds is 4.